The number of hydrogen-bond acceptors (Lipinski definition) is 8. The van der Waals surface area contributed by atoms with Crippen LogP contribution in [-0.4, -0.2) is 92.3 Å². The third-order valence-corrected chi connectivity index (χ3v) is 8.08. The molecule has 2 aromatic rings. The number of likely N-dealkylation sites (tertiary alicyclic amines) is 1. The van der Waals surface area contributed by atoms with E-state index in [-0.39, 0.29) is 17.6 Å². The number of nitrogens with zero attached hydrogens (tertiary/aromatic N) is 4. The first-order valence-electron chi connectivity index (χ1n) is 13.1. The molecule has 2 saturated heterocycles. The second kappa shape index (κ2) is 12.1. The number of methoxy groups -OCH3 is 2. The maximum absolute atomic E-state index is 13.5. The van der Waals surface area contributed by atoms with Crippen LogP contribution in [0.25, 0.3) is 5.52 Å². The molecule has 1 N–H and O–H groups in total. The van der Waals surface area contributed by atoms with Gasteiger partial charge in [0.15, 0.2) is 0 Å². The molecular formula is C26H41N5O4S. The molecule has 1 saturated carbocycles. The number of pyridine rings is 1. The molecule has 0 spiro atoms. The standard InChI is InChI=1S/C24H35N5O4S.C2H6/c1-24(5-6-24)26-34-19-10-21-20(23(30)28-7-4-17(13-28)15-31-2)12-25-29(21)22(11-19)27-8-9-33-18(14-27)16-32-3;1-2/h10-12,17-18,26H,4-9,13-16H2,1-3H3;1-2H3. The Kier molecular flexibility index (Phi) is 9.16. The molecule has 1 amide bonds. The van der Waals surface area contributed by atoms with Crippen molar-refractivity contribution < 1.29 is 19.0 Å². The van der Waals surface area contributed by atoms with E-state index in [4.69, 9.17) is 14.2 Å². The number of fused-ring (bicyclic) bond motifs is 1. The molecule has 9 nitrogen and oxygen atoms in total. The summed E-state index contributed by atoms with van der Waals surface area (Å²) in [4.78, 5) is 18.8. The molecule has 0 radical (unpaired) electrons. The Morgan fingerprint density at radius 3 is 2.69 bits per heavy atom. The number of hydrogen-bond donors (Lipinski definition) is 1. The SMILES string of the molecule is CC.COCC1CCN(C(=O)c2cnn3c(N4CCOC(COC)C4)cc(SNC4(C)CC4)cc23)C1. The molecule has 2 aromatic heterocycles. The van der Waals surface area contributed by atoms with Gasteiger partial charge in [-0.15, -0.1) is 0 Å². The highest BCUT2D eigenvalue weighted by molar-refractivity contribution is 7.97. The van der Waals surface area contributed by atoms with E-state index in [9.17, 15) is 4.79 Å². The van der Waals surface area contributed by atoms with Crippen molar-refractivity contribution in [1.82, 2.24) is 19.2 Å². The Bertz CT molecular complexity index is 1030. The third-order valence-electron chi connectivity index (χ3n) is 7.01. The van der Waals surface area contributed by atoms with Crippen LogP contribution in [0.3, 0.4) is 0 Å². The zero-order valence-electron chi connectivity index (χ0n) is 22.3. The van der Waals surface area contributed by atoms with Crippen LogP contribution < -0.4 is 9.62 Å². The minimum Gasteiger partial charge on any atom is -0.384 e. The van der Waals surface area contributed by atoms with Gasteiger partial charge in [0.25, 0.3) is 5.91 Å². The number of nitrogens with one attached hydrogen (secondary N) is 1. The lowest BCUT2D eigenvalue weighted by Crippen LogP contribution is -2.45. The highest BCUT2D eigenvalue weighted by Gasteiger charge is 2.37. The molecule has 10 heteroatoms. The Balaban J connectivity index is 0.00000148. The summed E-state index contributed by atoms with van der Waals surface area (Å²) in [7, 11) is 3.41. The summed E-state index contributed by atoms with van der Waals surface area (Å²) in [6.45, 7) is 11.1. The quantitative estimate of drug-likeness (QED) is 0.505. The Hall–Kier alpha value is -1.85. The first kappa shape index (κ1) is 27.2. The van der Waals surface area contributed by atoms with Crippen LogP contribution in [0.5, 0.6) is 0 Å². The predicted molar refractivity (Wildman–Crippen MR) is 143 cm³/mol. The lowest BCUT2D eigenvalue weighted by atomic mass is 10.1. The maximum atomic E-state index is 13.5. The first-order chi connectivity index (χ1) is 17.5. The summed E-state index contributed by atoms with van der Waals surface area (Å²) in [6, 6.07) is 4.25. The summed E-state index contributed by atoms with van der Waals surface area (Å²) in [6.07, 6.45) is 5.08. The van der Waals surface area contributed by atoms with Crippen LogP contribution in [0.1, 0.15) is 50.4 Å². The van der Waals surface area contributed by atoms with Gasteiger partial charge in [-0.25, -0.2) is 4.52 Å². The topological polar surface area (TPSA) is 80.6 Å². The van der Waals surface area contributed by atoms with Gasteiger partial charge in [0.1, 0.15) is 5.82 Å². The molecule has 2 atom stereocenters. The Morgan fingerprint density at radius 1 is 1.19 bits per heavy atom. The molecule has 0 aromatic carbocycles. The summed E-state index contributed by atoms with van der Waals surface area (Å²) in [5.74, 6) is 1.42. The zero-order chi connectivity index (χ0) is 25.7. The molecule has 36 heavy (non-hydrogen) atoms. The molecule has 2 unspecified atom stereocenters. The van der Waals surface area contributed by atoms with E-state index in [1.165, 1.54) is 12.8 Å². The smallest absolute Gasteiger partial charge is 0.257 e. The van der Waals surface area contributed by atoms with Crippen LogP contribution in [0.2, 0.25) is 0 Å². The van der Waals surface area contributed by atoms with Crippen molar-refractivity contribution >= 4 is 29.2 Å². The van der Waals surface area contributed by atoms with Crippen molar-refractivity contribution in [3.63, 3.8) is 0 Å². The number of morpholine rings is 1. The molecule has 200 valence electrons. The number of ether oxygens (including phenoxy) is 3. The van der Waals surface area contributed by atoms with E-state index in [1.807, 2.05) is 23.3 Å². The number of carbonyl (C=O) groups excluding carboxylic acids is 1. The summed E-state index contributed by atoms with van der Waals surface area (Å²) >= 11 is 1.64. The summed E-state index contributed by atoms with van der Waals surface area (Å²) in [5.41, 5.74) is 1.70. The molecule has 4 heterocycles. The van der Waals surface area contributed by atoms with Crippen LogP contribution >= 0.6 is 11.9 Å². The fraction of sp³-hybridized carbons (Fsp3) is 0.692. The maximum Gasteiger partial charge on any atom is 0.257 e. The van der Waals surface area contributed by atoms with Gasteiger partial charge in [0.05, 0.1) is 43.2 Å². The highest BCUT2D eigenvalue weighted by atomic mass is 32.2. The van der Waals surface area contributed by atoms with Crippen LogP contribution in [0.15, 0.2) is 23.2 Å². The summed E-state index contributed by atoms with van der Waals surface area (Å²) in [5, 5.41) is 4.68. The van der Waals surface area contributed by atoms with Gasteiger partial charge < -0.3 is 24.0 Å². The zero-order valence-corrected chi connectivity index (χ0v) is 23.1. The van der Waals surface area contributed by atoms with E-state index in [2.05, 4.69) is 33.8 Å². The summed E-state index contributed by atoms with van der Waals surface area (Å²) < 4.78 is 22.0. The normalized spacial score (nSPS) is 23.0. The second-order valence-electron chi connectivity index (χ2n) is 9.92. The number of anilines is 1. The Labute approximate surface area is 218 Å². The molecule has 1 aliphatic carbocycles. The number of carbonyl (C=O) groups is 1. The van der Waals surface area contributed by atoms with E-state index in [0.717, 1.165) is 48.8 Å². The minimum absolute atomic E-state index is 0.00703. The number of aromatic nitrogens is 2. The van der Waals surface area contributed by atoms with Gasteiger partial charge in [-0.05, 0) is 50.3 Å². The molecular weight excluding hydrogens is 478 g/mol. The third kappa shape index (κ3) is 6.16. The molecule has 3 aliphatic rings. The van der Waals surface area contributed by atoms with E-state index < -0.39 is 0 Å². The average molecular weight is 520 g/mol. The van der Waals surface area contributed by atoms with Gasteiger partial charge in [-0.2, -0.15) is 5.10 Å². The van der Waals surface area contributed by atoms with Crippen LogP contribution in [-0.2, 0) is 14.2 Å². The van der Waals surface area contributed by atoms with Crippen molar-refractivity contribution in [2.45, 2.75) is 56.6 Å². The number of amides is 1. The van der Waals surface area contributed by atoms with Crippen molar-refractivity contribution in [3.8, 4) is 0 Å². The van der Waals surface area contributed by atoms with Crippen LogP contribution in [0, 0.1) is 5.92 Å². The molecule has 2 aliphatic heterocycles. The minimum atomic E-state index is 0.00703. The van der Waals surface area contributed by atoms with Crippen molar-refractivity contribution in [2.75, 3.05) is 65.1 Å². The van der Waals surface area contributed by atoms with Crippen molar-refractivity contribution in [3.05, 3.63) is 23.9 Å². The molecule has 3 fully saturated rings. The fourth-order valence-electron chi connectivity index (χ4n) is 4.74. The van der Waals surface area contributed by atoms with E-state index in [0.29, 0.717) is 31.3 Å². The highest BCUT2D eigenvalue weighted by Crippen LogP contribution is 2.38. The Morgan fingerprint density at radius 2 is 1.97 bits per heavy atom. The van der Waals surface area contributed by atoms with Gasteiger partial charge >= 0.3 is 0 Å². The lowest BCUT2D eigenvalue weighted by Gasteiger charge is -2.34. The van der Waals surface area contributed by atoms with E-state index in [1.54, 1.807) is 32.4 Å². The van der Waals surface area contributed by atoms with Gasteiger partial charge in [0.2, 0.25) is 0 Å². The predicted octanol–water partition coefficient (Wildman–Crippen LogP) is 3.47. The molecule has 5 rings (SSSR count). The molecule has 0 bridgehead atoms. The average Bonchev–Trinajstić information content (AvgIpc) is 3.27. The van der Waals surface area contributed by atoms with Crippen molar-refractivity contribution in [1.29, 1.82) is 0 Å². The second-order valence-corrected chi connectivity index (χ2v) is 10.8. The largest absolute Gasteiger partial charge is 0.384 e. The monoisotopic (exact) mass is 519 g/mol. The van der Waals surface area contributed by atoms with Gasteiger partial charge in [0, 0.05) is 56.8 Å². The fourth-order valence-corrected chi connectivity index (χ4v) is 5.64. The number of rotatable bonds is 9. The van der Waals surface area contributed by atoms with Gasteiger partial charge in [-0.1, -0.05) is 13.8 Å². The lowest BCUT2D eigenvalue weighted by molar-refractivity contribution is -0.0103. The van der Waals surface area contributed by atoms with Crippen LogP contribution in [0.4, 0.5) is 5.82 Å². The van der Waals surface area contributed by atoms with E-state index >= 15 is 0 Å². The first-order valence-corrected chi connectivity index (χ1v) is 13.9. The van der Waals surface area contributed by atoms with Crippen molar-refractivity contribution in [2.24, 2.45) is 5.92 Å². The van der Waals surface area contributed by atoms with Gasteiger partial charge in [-0.3, -0.25) is 9.52 Å².